The summed E-state index contributed by atoms with van der Waals surface area (Å²) in [7, 11) is 0. The van der Waals surface area contributed by atoms with Crippen molar-refractivity contribution in [2.24, 2.45) is 23.7 Å². The number of rotatable bonds is 8. The Hall–Kier alpha value is -4.96. The van der Waals surface area contributed by atoms with E-state index in [0.29, 0.717) is 67.3 Å². The Morgan fingerprint density at radius 1 is 0.947 bits per heavy atom. The molecule has 10 rings (SSSR count). The van der Waals surface area contributed by atoms with Crippen molar-refractivity contribution < 1.29 is 45.8 Å². The zero-order valence-electron chi connectivity index (χ0n) is 30.8. The van der Waals surface area contributed by atoms with Crippen LogP contribution in [-0.4, -0.2) is 78.3 Å². The van der Waals surface area contributed by atoms with Gasteiger partial charge in [0.05, 0.1) is 17.6 Å². The summed E-state index contributed by atoms with van der Waals surface area (Å²) in [5.41, 5.74) is -3.48. The number of amides is 1. The number of aliphatic carboxylic acids is 1. The van der Waals surface area contributed by atoms with Gasteiger partial charge < -0.3 is 24.6 Å². The SMILES string of the molecule is O=C(NC1(C(=O)O)C2CC3CC(C2)CC1C3)c1cnc(-c2cn(C3CCC(F)(F)CC3)c3cc(OC4CCN(c5ncccn5)CC4F)ccc23)nc1C(F)(F)F. The molecule has 5 aliphatic carbocycles. The van der Waals surface area contributed by atoms with Gasteiger partial charge in [-0.2, -0.15) is 13.2 Å². The number of carbonyl (C=O) groups excluding carboxylic acids is 1. The highest BCUT2D eigenvalue weighted by Crippen LogP contribution is 2.58. The Morgan fingerprint density at radius 3 is 2.26 bits per heavy atom. The van der Waals surface area contributed by atoms with Gasteiger partial charge in [0.15, 0.2) is 17.7 Å². The molecule has 0 radical (unpaired) electrons. The van der Waals surface area contributed by atoms with Crippen LogP contribution in [0.3, 0.4) is 0 Å². The highest BCUT2D eigenvalue weighted by Gasteiger charge is 2.62. The lowest BCUT2D eigenvalue weighted by molar-refractivity contribution is -0.163. The molecule has 1 saturated heterocycles. The third-order valence-electron chi connectivity index (χ3n) is 13.1. The van der Waals surface area contributed by atoms with E-state index in [1.165, 1.54) is 6.20 Å². The standard InChI is InChI=1S/C40H41F6N7O4/c41-30-20-52(37-47-9-1-10-48-37)11-6-32(30)57-26-2-3-27-29(19-53(31(27)17-26)25-4-7-38(42,43)8-5-25)34-49-18-28(33(50-34)40(44,45)46)35(54)51-39(36(55)56)23-13-21-12-22(15-23)16-24(39)14-21/h1-3,9-10,17-19,21-25,30,32H,4-8,11-16,20H2,(H,51,54)(H,55,56). The summed E-state index contributed by atoms with van der Waals surface area (Å²) >= 11 is 0. The number of benzene rings is 1. The van der Waals surface area contributed by atoms with Crippen molar-refractivity contribution in [1.29, 1.82) is 0 Å². The van der Waals surface area contributed by atoms with E-state index in [-0.39, 0.29) is 49.4 Å². The topological polar surface area (TPSA) is 135 Å². The number of carboxylic acid groups (broad SMARTS) is 1. The smallest absolute Gasteiger partial charge is 0.434 e. The van der Waals surface area contributed by atoms with Crippen LogP contribution in [0.15, 0.2) is 49.1 Å². The molecule has 6 fully saturated rings. The van der Waals surface area contributed by atoms with Gasteiger partial charge in [-0.3, -0.25) is 4.79 Å². The number of hydrogen-bond donors (Lipinski definition) is 2. The normalized spacial score (nSPS) is 29.8. The average molecular weight is 798 g/mol. The molecule has 2 unspecified atom stereocenters. The van der Waals surface area contributed by atoms with Crippen molar-refractivity contribution >= 4 is 28.7 Å². The minimum Gasteiger partial charge on any atom is -0.487 e. The molecule has 11 nitrogen and oxygen atoms in total. The molecule has 0 spiro atoms. The number of halogens is 6. The molecule has 4 aromatic rings. The summed E-state index contributed by atoms with van der Waals surface area (Å²) in [6.45, 7) is 0.431. The molecule has 4 heterocycles. The van der Waals surface area contributed by atoms with Crippen LogP contribution in [-0.2, 0) is 11.0 Å². The Morgan fingerprint density at radius 2 is 1.63 bits per heavy atom. The summed E-state index contributed by atoms with van der Waals surface area (Å²) in [5.74, 6) is -5.07. The van der Waals surface area contributed by atoms with E-state index in [0.717, 1.165) is 12.6 Å². The Bertz CT molecular complexity index is 2160. The van der Waals surface area contributed by atoms with Gasteiger partial charge in [-0.1, -0.05) is 0 Å². The van der Waals surface area contributed by atoms with Crippen molar-refractivity contribution in [2.75, 3.05) is 18.0 Å². The zero-order chi connectivity index (χ0) is 39.9. The number of carbonyl (C=O) groups is 2. The maximum atomic E-state index is 15.5. The van der Waals surface area contributed by atoms with Crippen molar-refractivity contribution in [3.05, 3.63) is 60.3 Å². The van der Waals surface area contributed by atoms with Crippen LogP contribution in [0.4, 0.5) is 32.3 Å². The molecule has 302 valence electrons. The third-order valence-corrected chi connectivity index (χ3v) is 13.1. The van der Waals surface area contributed by atoms with Crippen molar-refractivity contribution in [1.82, 2.24) is 29.8 Å². The van der Waals surface area contributed by atoms with Gasteiger partial charge in [-0.25, -0.2) is 37.9 Å². The Kier molecular flexibility index (Phi) is 9.14. The number of piperidine rings is 1. The van der Waals surface area contributed by atoms with Gasteiger partial charge in [-0.05, 0) is 86.8 Å². The van der Waals surface area contributed by atoms with E-state index >= 15 is 4.39 Å². The quantitative estimate of drug-likeness (QED) is 0.172. The number of nitrogens with zero attached hydrogens (tertiary/aromatic N) is 6. The van der Waals surface area contributed by atoms with Gasteiger partial charge in [0.25, 0.3) is 5.91 Å². The molecule has 1 aromatic carbocycles. The van der Waals surface area contributed by atoms with Crippen LogP contribution in [0, 0.1) is 23.7 Å². The molecule has 1 amide bonds. The number of aromatic nitrogens is 5. The largest absolute Gasteiger partial charge is 0.487 e. The summed E-state index contributed by atoms with van der Waals surface area (Å²) in [4.78, 5) is 44.9. The second-order valence-corrected chi connectivity index (χ2v) is 16.6. The Balaban J connectivity index is 1.04. The monoisotopic (exact) mass is 797 g/mol. The Labute approximate surface area is 323 Å². The van der Waals surface area contributed by atoms with Crippen molar-refractivity contribution in [2.45, 2.75) is 100 Å². The summed E-state index contributed by atoms with van der Waals surface area (Å²) in [6, 6.07) is 5.99. The molecule has 17 heteroatoms. The number of ether oxygens (including phenoxy) is 1. The number of carboxylic acids is 1. The van der Waals surface area contributed by atoms with Crippen LogP contribution in [0.25, 0.3) is 22.3 Å². The maximum absolute atomic E-state index is 15.5. The first-order chi connectivity index (χ1) is 27.2. The fraction of sp³-hybridized carbons (Fsp3) is 0.550. The average Bonchev–Trinajstić information content (AvgIpc) is 3.55. The molecule has 2 atom stereocenters. The first-order valence-electron chi connectivity index (χ1n) is 19.5. The molecular weight excluding hydrogens is 756 g/mol. The van der Waals surface area contributed by atoms with Gasteiger partial charge in [0.2, 0.25) is 11.9 Å². The second kappa shape index (κ2) is 13.9. The maximum Gasteiger partial charge on any atom is 0.434 e. The second-order valence-electron chi connectivity index (χ2n) is 16.6. The molecule has 6 aliphatic rings. The number of nitrogens with one attached hydrogen (secondary N) is 1. The minimum atomic E-state index is -5.12. The molecule has 57 heavy (non-hydrogen) atoms. The lowest BCUT2D eigenvalue weighted by Crippen LogP contribution is -2.70. The number of hydrogen-bond acceptors (Lipinski definition) is 8. The van der Waals surface area contributed by atoms with Crippen molar-refractivity contribution in [3.63, 3.8) is 0 Å². The lowest BCUT2D eigenvalue weighted by Gasteiger charge is -2.59. The number of anilines is 1. The number of alkyl halides is 6. The molecular formula is C40H41F6N7O4. The molecule has 3 aromatic heterocycles. The van der Waals surface area contributed by atoms with E-state index < -0.39 is 70.9 Å². The highest BCUT2D eigenvalue weighted by atomic mass is 19.4. The predicted molar refractivity (Wildman–Crippen MR) is 193 cm³/mol. The van der Waals surface area contributed by atoms with Crippen LogP contribution in [0.2, 0.25) is 0 Å². The van der Waals surface area contributed by atoms with E-state index in [9.17, 15) is 36.6 Å². The van der Waals surface area contributed by atoms with E-state index in [1.807, 2.05) is 0 Å². The van der Waals surface area contributed by atoms with Crippen LogP contribution >= 0.6 is 0 Å². The fourth-order valence-corrected chi connectivity index (χ4v) is 10.6. The van der Waals surface area contributed by atoms with Gasteiger partial charge in [-0.15, -0.1) is 0 Å². The first-order valence-corrected chi connectivity index (χ1v) is 19.5. The van der Waals surface area contributed by atoms with E-state index in [2.05, 4.69) is 25.3 Å². The lowest BCUT2D eigenvalue weighted by atomic mass is 9.48. The number of fused-ring (bicyclic) bond motifs is 1. The fourth-order valence-electron chi connectivity index (χ4n) is 10.6. The van der Waals surface area contributed by atoms with Crippen LogP contribution in [0.5, 0.6) is 5.75 Å². The highest BCUT2D eigenvalue weighted by molar-refractivity contribution is 6.00. The van der Waals surface area contributed by atoms with Crippen LogP contribution in [0.1, 0.15) is 86.3 Å². The van der Waals surface area contributed by atoms with Gasteiger partial charge >= 0.3 is 12.1 Å². The van der Waals surface area contributed by atoms with E-state index in [4.69, 9.17) is 4.74 Å². The first kappa shape index (κ1) is 37.6. The third kappa shape index (κ3) is 6.73. The van der Waals surface area contributed by atoms with Crippen LogP contribution < -0.4 is 15.0 Å². The summed E-state index contributed by atoms with van der Waals surface area (Å²) in [5, 5.41) is 13.5. The summed E-state index contributed by atoms with van der Waals surface area (Å²) < 4.78 is 96.3. The van der Waals surface area contributed by atoms with E-state index in [1.54, 1.807) is 46.1 Å². The van der Waals surface area contributed by atoms with Gasteiger partial charge in [0.1, 0.15) is 17.4 Å². The predicted octanol–water partition coefficient (Wildman–Crippen LogP) is 7.66. The van der Waals surface area contributed by atoms with Crippen molar-refractivity contribution in [3.8, 4) is 17.1 Å². The molecule has 2 N–H and O–H groups in total. The molecule has 4 bridgehead atoms. The molecule has 1 aliphatic heterocycles. The summed E-state index contributed by atoms with van der Waals surface area (Å²) in [6.07, 6.45) is 1.22. The molecule has 5 saturated carbocycles. The van der Waals surface area contributed by atoms with Gasteiger partial charge in [0, 0.05) is 73.7 Å². The minimum absolute atomic E-state index is 0.0000160. The zero-order valence-corrected chi connectivity index (χ0v) is 30.8.